The molecular weight excluding hydrogens is 228 g/mol. The number of aliphatic hydroxyl groups excluding tert-OH is 1. The molecule has 0 aliphatic carbocycles. The molecule has 0 aliphatic heterocycles. The Balaban J connectivity index is 2.38. The van der Waals surface area contributed by atoms with E-state index in [0.29, 0.717) is 11.5 Å². The normalized spacial score (nSPS) is 12.4. The number of rotatable bonds is 4. The van der Waals surface area contributed by atoms with Crippen molar-refractivity contribution in [3.05, 3.63) is 53.0 Å². The van der Waals surface area contributed by atoms with Gasteiger partial charge in [-0.1, -0.05) is 18.6 Å². The zero-order chi connectivity index (χ0) is 13.1. The Morgan fingerprint density at radius 1 is 1.28 bits per heavy atom. The van der Waals surface area contributed by atoms with Crippen molar-refractivity contribution in [2.45, 2.75) is 26.4 Å². The van der Waals surface area contributed by atoms with Crippen LogP contribution in [0.5, 0.6) is 5.75 Å². The zero-order valence-electron chi connectivity index (χ0n) is 10.9. The van der Waals surface area contributed by atoms with Gasteiger partial charge in [0.25, 0.3) is 0 Å². The largest absolute Gasteiger partial charge is 0.496 e. The number of aliphatic hydroxyl groups is 1. The number of hydrogen-bond donors (Lipinski definition) is 1. The highest BCUT2D eigenvalue weighted by Gasteiger charge is 2.18. The molecule has 0 aliphatic rings. The second kappa shape index (κ2) is 5.27. The van der Waals surface area contributed by atoms with Crippen molar-refractivity contribution in [2.24, 2.45) is 0 Å². The Labute approximate surface area is 107 Å². The van der Waals surface area contributed by atoms with Crippen LogP contribution in [0.4, 0.5) is 0 Å². The van der Waals surface area contributed by atoms with E-state index >= 15 is 0 Å². The second-order valence-electron chi connectivity index (χ2n) is 4.31. The van der Waals surface area contributed by atoms with Gasteiger partial charge in [0.15, 0.2) is 0 Å². The Hall–Kier alpha value is -1.74. The van der Waals surface area contributed by atoms with Gasteiger partial charge in [0.1, 0.15) is 23.4 Å². The number of furan rings is 1. The molecule has 0 saturated heterocycles. The lowest BCUT2D eigenvalue weighted by atomic mass is 10.0. The van der Waals surface area contributed by atoms with Crippen LogP contribution in [-0.4, -0.2) is 12.2 Å². The van der Waals surface area contributed by atoms with Gasteiger partial charge in [-0.25, -0.2) is 0 Å². The minimum atomic E-state index is -0.792. The summed E-state index contributed by atoms with van der Waals surface area (Å²) < 4.78 is 10.9. The van der Waals surface area contributed by atoms with E-state index in [1.807, 2.05) is 44.2 Å². The predicted octanol–water partition coefficient (Wildman–Crippen LogP) is 3.24. The van der Waals surface area contributed by atoms with Crippen molar-refractivity contribution in [3.63, 3.8) is 0 Å². The molecule has 1 aromatic carbocycles. The summed E-state index contributed by atoms with van der Waals surface area (Å²) in [5.74, 6) is 2.09. The van der Waals surface area contributed by atoms with Crippen LogP contribution < -0.4 is 4.74 Å². The van der Waals surface area contributed by atoms with Crippen molar-refractivity contribution in [1.29, 1.82) is 0 Å². The van der Waals surface area contributed by atoms with E-state index in [9.17, 15) is 5.11 Å². The molecule has 1 aromatic heterocycles. The monoisotopic (exact) mass is 246 g/mol. The maximum Gasteiger partial charge on any atom is 0.140 e. The predicted molar refractivity (Wildman–Crippen MR) is 69.9 cm³/mol. The first-order valence-corrected chi connectivity index (χ1v) is 6.07. The maximum absolute atomic E-state index is 10.4. The summed E-state index contributed by atoms with van der Waals surface area (Å²) in [7, 11) is 1.60. The van der Waals surface area contributed by atoms with Crippen LogP contribution in [0.3, 0.4) is 0 Å². The molecule has 1 heterocycles. The minimum Gasteiger partial charge on any atom is -0.496 e. The molecule has 0 radical (unpaired) electrons. The van der Waals surface area contributed by atoms with Gasteiger partial charge in [0.05, 0.1) is 7.11 Å². The van der Waals surface area contributed by atoms with Crippen molar-refractivity contribution in [1.82, 2.24) is 0 Å². The smallest absolute Gasteiger partial charge is 0.140 e. The van der Waals surface area contributed by atoms with Crippen LogP contribution in [0, 0.1) is 6.92 Å². The summed E-state index contributed by atoms with van der Waals surface area (Å²) in [5, 5.41) is 10.4. The van der Waals surface area contributed by atoms with Crippen LogP contribution >= 0.6 is 0 Å². The highest BCUT2D eigenvalue weighted by atomic mass is 16.5. The highest BCUT2D eigenvalue weighted by molar-refractivity contribution is 5.41. The van der Waals surface area contributed by atoms with Crippen molar-refractivity contribution in [3.8, 4) is 5.75 Å². The molecule has 1 N–H and O–H groups in total. The van der Waals surface area contributed by atoms with E-state index in [2.05, 4.69) is 0 Å². The SMILES string of the molecule is CCc1ccc(C(O)c2cc(C)ccc2OC)o1. The van der Waals surface area contributed by atoms with Crippen LogP contribution in [-0.2, 0) is 6.42 Å². The van der Waals surface area contributed by atoms with Crippen molar-refractivity contribution >= 4 is 0 Å². The quantitative estimate of drug-likeness (QED) is 0.900. The molecule has 2 aromatic rings. The van der Waals surface area contributed by atoms with Gasteiger partial charge in [-0.3, -0.25) is 0 Å². The molecule has 2 rings (SSSR count). The molecule has 0 amide bonds. The topological polar surface area (TPSA) is 42.6 Å². The Morgan fingerprint density at radius 2 is 2.06 bits per heavy atom. The first kappa shape index (κ1) is 12.7. The first-order valence-electron chi connectivity index (χ1n) is 6.07. The summed E-state index contributed by atoms with van der Waals surface area (Å²) in [5.41, 5.74) is 1.81. The van der Waals surface area contributed by atoms with E-state index in [1.54, 1.807) is 7.11 Å². The molecule has 0 bridgehead atoms. The number of hydrogen-bond acceptors (Lipinski definition) is 3. The molecule has 1 atom stereocenters. The van der Waals surface area contributed by atoms with E-state index in [0.717, 1.165) is 23.3 Å². The molecule has 3 heteroatoms. The van der Waals surface area contributed by atoms with Crippen LogP contribution in [0.15, 0.2) is 34.7 Å². The number of methoxy groups -OCH3 is 1. The molecule has 18 heavy (non-hydrogen) atoms. The number of ether oxygens (including phenoxy) is 1. The van der Waals surface area contributed by atoms with Gasteiger partial charge < -0.3 is 14.3 Å². The molecule has 3 nitrogen and oxygen atoms in total. The third-order valence-corrected chi connectivity index (χ3v) is 2.98. The fourth-order valence-electron chi connectivity index (χ4n) is 1.95. The summed E-state index contributed by atoms with van der Waals surface area (Å²) >= 11 is 0. The average molecular weight is 246 g/mol. The van der Waals surface area contributed by atoms with E-state index in [4.69, 9.17) is 9.15 Å². The lowest BCUT2D eigenvalue weighted by Gasteiger charge is -2.13. The van der Waals surface area contributed by atoms with Gasteiger partial charge in [-0.05, 0) is 31.2 Å². The fourth-order valence-corrected chi connectivity index (χ4v) is 1.95. The maximum atomic E-state index is 10.4. The molecular formula is C15H18O3. The summed E-state index contributed by atoms with van der Waals surface area (Å²) in [6, 6.07) is 9.43. The lowest BCUT2D eigenvalue weighted by Crippen LogP contribution is -2.01. The molecule has 0 saturated carbocycles. The summed E-state index contributed by atoms with van der Waals surface area (Å²) in [6.45, 7) is 4.00. The fraction of sp³-hybridized carbons (Fsp3) is 0.333. The van der Waals surface area contributed by atoms with Crippen LogP contribution in [0.1, 0.15) is 35.7 Å². The van der Waals surface area contributed by atoms with E-state index in [1.165, 1.54) is 0 Å². The van der Waals surface area contributed by atoms with Gasteiger partial charge >= 0.3 is 0 Å². The van der Waals surface area contributed by atoms with Crippen LogP contribution in [0.25, 0.3) is 0 Å². The highest BCUT2D eigenvalue weighted by Crippen LogP contribution is 2.31. The zero-order valence-corrected chi connectivity index (χ0v) is 10.9. The number of aryl methyl sites for hydroxylation is 2. The molecule has 96 valence electrons. The third kappa shape index (κ3) is 2.41. The van der Waals surface area contributed by atoms with E-state index in [-0.39, 0.29) is 0 Å². The minimum absolute atomic E-state index is 0.552. The standard InChI is InChI=1S/C15H18O3/c1-4-11-6-8-14(18-11)15(16)12-9-10(2)5-7-13(12)17-3/h5-9,15-16H,4H2,1-3H3. The molecule has 1 unspecified atom stereocenters. The average Bonchev–Trinajstić information content (AvgIpc) is 2.86. The Bertz CT molecular complexity index is 528. The summed E-state index contributed by atoms with van der Waals surface area (Å²) in [4.78, 5) is 0. The third-order valence-electron chi connectivity index (χ3n) is 2.98. The number of benzene rings is 1. The van der Waals surface area contributed by atoms with Crippen LogP contribution in [0.2, 0.25) is 0 Å². The van der Waals surface area contributed by atoms with Gasteiger partial charge in [0, 0.05) is 12.0 Å². The Morgan fingerprint density at radius 3 is 2.67 bits per heavy atom. The van der Waals surface area contributed by atoms with Gasteiger partial charge in [0.2, 0.25) is 0 Å². The van der Waals surface area contributed by atoms with Gasteiger partial charge in [-0.2, -0.15) is 0 Å². The lowest BCUT2D eigenvalue weighted by molar-refractivity contribution is 0.182. The first-order chi connectivity index (χ1) is 8.65. The second-order valence-corrected chi connectivity index (χ2v) is 4.31. The molecule has 0 spiro atoms. The Kier molecular flexibility index (Phi) is 3.72. The van der Waals surface area contributed by atoms with E-state index < -0.39 is 6.10 Å². The summed E-state index contributed by atoms with van der Waals surface area (Å²) in [6.07, 6.45) is 0.0256. The molecule has 0 fully saturated rings. The van der Waals surface area contributed by atoms with Crippen molar-refractivity contribution < 1.29 is 14.3 Å². The van der Waals surface area contributed by atoms with Gasteiger partial charge in [-0.15, -0.1) is 0 Å². The van der Waals surface area contributed by atoms with Crippen molar-refractivity contribution in [2.75, 3.05) is 7.11 Å².